The van der Waals surface area contributed by atoms with Crippen molar-refractivity contribution >= 4 is 32.4 Å². The highest BCUT2D eigenvalue weighted by molar-refractivity contribution is 6.16. The van der Waals surface area contributed by atoms with Gasteiger partial charge in [0, 0.05) is 16.4 Å². The van der Waals surface area contributed by atoms with Crippen LogP contribution in [0.2, 0.25) is 0 Å². The molecule has 1 aromatic heterocycles. The first-order chi connectivity index (χ1) is 19.1. The molecule has 1 aliphatic carbocycles. The topological polar surface area (TPSA) is 12.9 Å². The van der Waals surface area contributed by atoms with E-state index in [1.54, 1.807) is 0 Å². The Kier molecular flexibility index (Phi) is 4.63. The van der Waals surface area contributed by atoms with Crippen molar-refractivity contribution in [3.05, 3.63) is 139 Å². The monoisotopic (exact) mass is 497 g/mol. The fourth-order valence-electron chi connectivity index (χ4n) is 6.71. The molecule has 1 heterocycles. The van der Waals surface area contributed by atoms with E-state index in [0.717, 1.165) is 11.2 Å². The second-order valence-electron chi connectivity index (χ2n) is 11.2. The molecule has 0 N–H and O–H groups in total. The lowest BCUT2D eigenvalue weighted by Gasteiger charge is -2.26. The molecule has 0 radical (unpaired) electrons. The largest absolute Gasteiger partial charge is 0.247 e. The molecular formula is C38H27N. The van der Waals surface area contributed by atoms with Gasteiger partial charge < -0.3 is 0 Å². The molecule has 1 nitrogen and oxygen atoms in total. The van der Waals surface area contributed by atoms with E-state index in [1.807, 2.05) is 0 Å². The zero-order chi connectivity index (χ0) is 26.1. The van der Waals surface area contributed by atoms with Gasteiger partial charge in [0.15, 0.2) is 0 Å². The summed E-state index contributed by atoms with van der Waals surface area (Å²) in [6.45, 7) is 4.71. The quantitative estimate of drug-likeness (QED) is 0.217. The maximum atomic E-state index is 5.34. The third-order valence-electron chi connectivity index (χ3n) is 8.59. The third-order valence-corrected chi connectivity index (χ3v) is 8.59. The molecule has 0 spiro atoms. The van der Waals surface area contributed by atoms with Gasteiger partial charge in [-0.15, -0.1) is 0 Å². The number of hydrogen-bond donors (Lipinski definition) is 0. The first-order valence-electron chi connectivity index (χ1n) is 13.6. The third kappa shape index (κ3) is 3.23. The minimum absolute atomic E-state index is 0.161. The van der Waals surface area contributed by atoms with E-state index in [2.05, 4.69) is 141 Å². The molecule has 6 aromatic carbocycles. The molecule has 1 heteroatoms. The van der Waals surface area contributed by atoms with Gasteiger partial charge in [-0.25, -0.2) is 4.98 Å². The van der Waals surface area contributed by atoms with Gasteiger partial charge in [0.05, 0.1) is 11.2 Å². The smallest absolute Gasteiger partial charge is 0.0759 e. The lowest BCUT2D eigenvalue weighted by Crippen LogP contribution is -2.16. The van der Waals surface area contributed by atoms with Gasteiger partial charge in [-0.05, 0) is 73.1 Å². The molecule has 0 bridgehead atoms. The van der Waals surface area contributed by atoms with Crippen LogP contribution >= 0.6 is 0 Å². The van der Waals surface area contributed by atoms with E-state index >= 15 is 0 Å². The number of fused-ring (bicyclic) bond motifs is 7. The Morgan fingerprint density at radius 2 is 1.21 bits per heavy atom. The Labute approximate surface area is 228 Å². The Morgan fingerprint density at radius 3 is 2.05 bits per heavy atom. The molecular weight excluding hydrogens is 470 g/mol. The second-order valence-corrected chi connectivity index (χ2v) is 11.2. The van der Waals surface area contributed by atoms with E-state index in [4.69, 9.17) is 4.98 Å². The summed E-state index contributed by atoms with van der Waals surface area (Å²) < 4.78 is 0. The molecule has 184 valence electrons. The lowest BCUT2D eigenvalue weighted by molar-refractivity contribution is 0.662. The summed E-state index contributed by atoms with van der Waals surface area (Å²) in [5.41, 5.74) is 11.0. The number of benzene rings is 6. The van der Waals surface area contributed by atoms with E-state index in [1.165, 1.54) is 65.9 Å². The van der Waals surface area contributed by atoms with Crippen LogP contribution < -0.4 is 0 Å². The number of pyridine rings is 1. The fraction of sp³-hybridized carbons (Fsp3) is 0.0789. The Balaban J connectivity index is 1.46. The minimum Gasteiger partial charge on any atom is -0.247 e. The van der Waals surface area contributed by atoms with Crippen LogP contribution in [-0.2, 0) is 5.41 Å². The van der Waals surface area contributed by atoms with E-state index in [-0.39, 0.29) is 5.41 Å². The van der Waals surface area contributed by atoms with Crippen molar-refractivity contribution in [1.29, 1.82) is 0 Å². The normalized spacial score (nSPS) is 13.6. The summed E-state index contributed by atoms with van der Waals surface area (Å²) in [5.74, 6) is 0. The van der Waals surface area contributed by atoms with Gasteiger partial charge in [-0.1, -0.05) is 123 Å². The van der Waals surface area contributed by atoms with Gasteiger partial charge in [0.1, 0.15) is 0 Å². The van der Waals surface area contributed by atoms with E-state index in [0.29, 0.717) is 0 Å². The highest BCUT2D eigenvalue weighted by Gasteiger charge is 2.39. The Morgan fingerprint density at radius 1 is 0.538 bits per heavy atom. The molecule has 0 saturated carbocycles. The summed E-state index contributed by atoms with van der Waals surface area (Å²) >= 11 is 0. The van der Waals surface area contributed by atoms with E-state index in [9.17, 15) is 0 Å². The first kappa shape index (κ1) is 22.3. The predicted octanol–water partition coefficient (Wildman–Crippen LogP) is 10.2. The average Bonchev–Trinajstić information content (AvgIpc) is 3.22. The Bertz CT molecular complexity index is 2080. The minimum atomic E-state index is -0.161. The number of rotatable bonds is 2. The van der Waals surface area contributed by atoms with Crippen LogP contribution in [0.4, 0.5) is 0 Å². The van der Waals surface area contributed by atoms with Crippen molar-refractivity contribution in [2.24, 2.45) is 0 Å². The summed E-state index contributed by atoms with van der Waals surface area (Å²) in [5, 5.41) is 6.25. The predicted molar refractivity (Wildman–Crippen MR) is 165 cm³/mol. The van der Waals surface area contributed by atoms with Crippen molar-refractivity contribution in [3.63, 3.8) is 0 Å². The van der Waals surface area contributed by atoms with Crippen LogP contribution in [0.25, 0.3) is 66.0 Å². The molecule has 39 heavy (non-hydrogen) atoms. The highest BCUT2D eigenvalue weighted by Crippen LogP contribution is 2.54. The van der Waals surface area contributed by atoms with Gasteiger partial charge >= 0.3 is 0 Å². The van der Waals surface area contributed by atoms with Crippen molar-refractivity contribution in [1.82, 2.24) is 4.98 Å². The van der Waals surface area contributed by atoms with Crippen molar-refractivity contribution in [2.45, 2.75) is 19.3 Å². The number of nitrogens with zero attached hydrogens (tertiary/aromatic N) is 1. The van der Waals surface area contributed by atoms with Crippen molar-refractivity contribution < 1.29 is 0 Å². The van der Waals surface area contributed by atoms with Crippen LogP contribution in [0.15, 0.2) is 127 Å². The zero-order valence-corrected chi connectivity index (χ0v) is 22.1. The zero-order valence-electron chi connectivity index (χ0n) is 22.1. The molecule has 0 amide bonds. The molecule has 0 saturated heterocycles. The average molecular weight is 498 g/mol. The molecule has 0 atom stereocenters. The van der Waals surface area contributed by atoms with Crippen LogP contribution in [0.3, 0.4) is 0 Å². The van der Waals surface area contributed by atoms with Gasteiger partial charge in [-0.2, -0.15) is 0 Å². The molecule has 7 aromatic rings. The van der Waals surface area contributed by atoms with Crippen molar-refractivity contribution in [2.75, 3.05) is 0 Å². The molecule has 0 fully saturated rings. The SMILES string of the molecule is CC1(C)c2ccccc2-c2nc3ccc4ccccc4c3c(-c3ccc4cc(-c5ccccc5)ccc4c3)c21. The van der Waals surface area contributed by atoms with Gasteiger partial charge in [-0.3, -0.25) is 0 Å². The summed E-state index contributed by atoms with van der Waals surface area (Å²) in [4.78, 5) is 5.34. The number of aromatic nitrogens is 1. The van der Waals surface area contributed by atoms with Crippen LogP contribution in [0.1, 0.15) is 25.0 Å². The van der Waals surface area contributed by atoms with Crippen LogP contribution in [-0.4, -0.2) is 4.98 Å². The molecule has 0 unspecified atom stereocenters. The van der Waals surface area contributed by atoms with Crippen molar-refractivity contribution in [3.8, 4) is 33.5 Å². The molecule has 0 aliphatic heterocycles. The lowest BCUT2D eigenvalue weighted by atomic mass is 9.77. The standard InChI is InChI=1S/C38H27N/c1-38(2)32-15-9-8-14-31(32)37-36(38)34(35-30-13-7-6-12-25(30)20-21-33(35)39-37)29-19-18-27-22-26(16-17-28(27)23-29)24-10-4-3-5-11-24/h3-23H,1-2H3. The second kappa shape index (κ2) is 8.12. The Hall–Kier alpha value is -4.75. The number of hydrogen-bond acceptors (Lipinski definition) is 1. The fourth-order valence-corrected chi connectivity index (χ4v) is 6.71. The van der Waals surface area contributed by atoms with Gasteiger partial charge in [0.25, 0.3) is 0 Å². The first-order valence-corrected chi connectivity index (χ1v) is 13.6. The molecule has 1 aliphatic rings. The van der Waals surface area contributed by atoms with Crippen LogP contribution in [0, 0.1) is 0 Å². The van der Waals surface area contributed by atoms with Gasteiger partial charge in [0.2, 0.25) is 0 Å². The summed E-state index contributed by atoms with van der Waals surface area (Å²) in [7, 11) is 0. The maximum Gasteiger partial charge on any atom is 0.0759 e. The summed E-state index contributed by atoms with van der Waals surface area (Å²) in [6.07, 6.45) is 0. The van der Waals surface area contributed by atoms with E-state index < -0.39 is 0 Å². The van der Waals surface area contributed by atoms with Crippen LogP contribution in [0.5, 0.6) is 0 Å². The highest BCUT2D eigenvalue weighted by atomic mass is 14.7. The molecule has 8 rings (SSSR count). The maximum absolute atomic E-state index is 5.34. The summed E-state index contributed by atoms with van der Waals surface area (Å²) in [6, 6.07) is 46.3.